The van der Waals surface area contributed by atoms with Gasteiger partial charge in [-0.2, -0.15) is 0 Å². The van der Waals surface area contributed by atoms with Crippen molar-refractivity contribution in [3.05, 3.63) is 69.6 Å². The van der Waals surface area contributed by atoms with E-state index in [2.05, 4.69) is 9.97 Å². The summed E-state index contributed by atoms with van der Waals surface area (Å²) in [6, 6.07) is 8.91. The van der Waals surface area contributed by atoms with Gasteiger partial charge in [-0.25, -0.2) is 26.8 Å². The molecule has 2 saturated carbocycles. The largest absolute Gasteiger partial charge is 0.274 e. The van der Waals surface area contributed by atoms with E-state index in [0.29, 0.717) is 34.0 Å². The fourth-order valence-electron chi connectivity index (χ4n) is 7.75. The first-order valence-electron chi connectivity index (χ1n) is 17.2. The summed E-state index contributed by atoms with van der Waals surface area (Å²) in [6.07, 6.45) is 13.9. The molecule has 2 atom stereocenters. The second kappa shape index (κ2) is 16.2. The van der Waals surface area contributed by atoms with E-state index in [0.717, 1.165) is 63.9 Å². The second-order valence-electron chi connectivity index (χ2n) is 13.7. The maximum Gasteiger partial charge on any atom is 0.236 e. The number of carbonyl (C=O) groups excluding carboxylic acids is 2. The molecular formula is C36H40Cl2N4O6S4. The number of halogens is 2. The topological polar surface area (TPSA) is 135 Å². The average molecular weight is 824 g/mol. The Morgan fingerprint density at radius 3 is 1.71 bits per heavy atom. The first-order valence-corrected chi connectivity index (χ1v) is 23.5. The Kier molecular flexibility index (Phi) is 12.1. The van der Waals surface area contributed by atoms with Crippen molar-refractivity contribution in [2.45, 2.75) is 74.0 Å². The van der Waals surface area contributed by atoms with Crippen LogP contribution in [0.3, 0.4) is 0 Å². The van der Waals surface area contributed by atoms with Crippen LogP contribution >= 0.6 is 45.9 Å². The lowest BCUT2D eigenvalue weighted by Crippen LogP contribution is -2.41. The number of sulfone groups is 2. The highest BCUT2D eigenvalue weighted by Crippen LogP contribution is 2.45. The maximum atomic E-state index is 15.3. The van der Waals surface area contributed by atoms with Crippen molar-refractivity contribution >= 4 is 99.0 Å². The van der Waals surface area contributed by atoms with Gasteiger partial charge in [0.2, 0.25) is 11.8 Å². The molecule has 0 radical (unpaired) electrons. The highest BCUT2D eigenvalue weighted by atomic mass is 35.5. The molecule has 2 aromatic carbocycles. The van der Waals surface area contributed by atoms with E-state index in [-0.39, 0.29) is 49.9 Å². The smallest absolute Gasteiger partial charge is 0.236 e. The van der Waals surface area contributed by atoms with Crippen molar-refractivity contribution in [3.63, 3.8) is 0 Å². The lowest BCUT2D eigenvalue weighted by molar-refractivity contribution is -0.126. The zero-order valence-electron chi connectivity index (χ0n) is 28.8. The molecule has 2 fully saturated rings. The minimum absolute atomic E-state index is 0.00358. The number of amides is 2. The van der Waals surface area contributed by atoms with Gasteiger partial charge in [0.1, 0.15) is 0 Å². The van der Waals surface area contributed by atoms with Gasteiger partial charge in [0, 0.05) is 48.0 Å². The predicted octanol–water partition coefficient (Wildman–Crippen LogP) is 9.14. The van der Waals surface area contributed by atoms with Gasteiger partial charge >= 0.3 is 0 Å². The van der Waals surface area contributed by atoms with E-state index in [1.165, 1.54) is 56.7 Å². The predicted molar refractivity (Wildman–Crippen MR) is 208 cm³/mol. The third kappa shape index (κ3) is 8.73. The number of benzene rings is 2. The standard InChI is InChI=1S/C36H40Cl2N4O6S4/c1-51(45,46)31-13-11-25(20-29(31)37)41(35-39-15-17-49-35)33(43)22-27(24-9-5-6-10-24)28(19-23-7-3-4-8-23)34(44)42(36-40-16-18-50-36)26-12-14-32(30(38)21-26)52(2,47)48/h11-18,20-21,23-24,27-28H,3-10,19,22H2,1-2H3/t27?,28-/m1/s1. The van der Waals surface area contributed by atoms with Gasteiger partial charge in [0.05, 0.1) is 31.2 Å². The summed E-state index contributed by atoms with van der Waals surface area (Å²) < 4.78 is 49.5. The van der Waals surface area contributed by atoms with Crippen molar-refractivity contribution in [1.82, 2.24) is 9.97 Å². The molecule has 278 valence electrons. The molecule has 6 rings (SSSR count). The summed E-state index contributed by atoms with van der Waals surface area (Å²) in [5.74, 6) is -0.995. The minimum Gasteiger partial charge on any atom is -0.274 e. The number of hydrogen-bond donors (Lipinski definition) is 0. The molecule has 4 aromatic rings. The monoisotopic (exact) mass is 822 g/mol. The summed E-state index contributed by atoms with van der Waals surface area (Å²) in [7, 11) is -7.22. The number of aromatic nitrogens is 2. The Hall–Kier alpha value is -2.88. The maximum absolute atomic E-state index is 15.3. The van der Waals surface area contributed by atoms with Crippen LogP contribution in [0.1, 0.15) is 64.2 Å². The van der Waals surface area contributed by atoms with Gasteiger partial charge in [0.15, 0.2) is 29.9 Å². The lowest BCUT2D eigenvalue weighted by Gasteiger charge is -2.36. The molecule has 0 spiro atoms. The highest BCUT2D eigenvalue weighted by Gasteiger charge is 2.42. The third-order valence-corrected chi connectivity index (χ3v) is 14.8. The lowest BCUT2D eigenvalue weighted by atomic mass is 9.73. The number of anilines is 4. The Bertz CT molecular complexity index is 2120. The van der Waals surface area contributed by atoms with Gasteiger partial charge in [-0.15, -0.1) is 22.7 Å². The fourth-order valence-corrected chi connectivity index (χ4v) is 11.7. The summed E-state index contributed by atoms with van der Waals surface area (Å²) in [6.45, 7) is 0. The normalized spacial score (nSPS) is 16.9. The van der Waals surface area contributed by atoms with Crippen molar-refractivity contribution < 1.29 is 26.4 Å². The number of hydrogen-bond acceptors (Lipinski definition) is 10. The van der Waals surface area contributed by atoms with Crippen molar-refractivity contribution in [1.29, 1.82) is 0 Å². The molecule has 10 nitrogen and oxygen atoms in total. The first kappa shape index (κ1) is 38.8. The van der Waals surface area contributed by atoms with Crippen LogP contribution in [0.4, 0.5) is 21.6 Å². The molecule has 2 amide bonds. The van der Waals surface area contributed by atoms with Gasteiger partial charge in [-0.1, -0.05) is 74.6 Å². The van der Waals surface area contributed by atoms with Crippen LogP contribution in [-0.4, -0.2) is 51.1 Å². The molecule has 2 heterocycles. The number of nitrogens with zero attached hydrogens (tertiary/aromatic N) is 4. The molecule has 0 bridgehead atoms. The molecule has 1 unspecified atom stereocenters. The van der Waals surface area contributed by atoms with Crippen molar-refractivity contribution in [2.24, 2.45) is 23.7 Å². The van der Waals surface area contributed by atoms with E-state index >= 15 is 4.79 Å². The summed E-state index contributed by atoms with van der Waals surface area (Å²) in [5, 5.41) is 4.36. The Morgan fingerprint density at radius 2 is 1.25 bits per heavy atom. The van der Waals surface area contributed by atoms with Crippen molar-refractivity contribution in [3.8, 4) is 0 Å². The molecule has 0 N–H and O–H groups in total. The summed E-state index contributed by atoms with van der Waals surface area (Å²) in [5.41, 5.74) is 0.779. The SMILES string of the molecule is CS(=O)(=O)c1ccc(N(C(=O)CC(C2CCCC2)[C@@H](CC2CCCC2)C(=O)N(c2ccc(S(C)(=O)=O)c(Cl)c2)c2nccs2)c2nccs2)cc1Cl. The Labute approximate surface area is 323 Å². The Morgan fingerprint density at radius 1 is 0.769 bits per heavy atom. The van der Waals surface area contributed by atoms with Gasteiger partial charge in [0.25, 0.3) is 0 Å². The van der Waals surface area contributed by atoms with Crippen molar-refractivity contribution in [2.75, 3.05) is 22.3 Å². The molecule has 0 aliphatic heterocycles. The van der Waals surface area contributed by atoms with Gasteiger partial charge in [-0.05, 0) is 60.6 Å². The van der Waals surface area contributed by atoms with E-state index in [4.69, 9.17) is 23.2 Å². The molecule has 16 heteroatoms. The molecule has 2 aliphatic carbocycles. The first-order chi connectivity index (χ1) is 24.7. The zero-order chi connectivity index (χ0) is 37.2. The summed E-state index contributed by atoms with van der Waals surface area (Å²) in [4.78, 5) is 41.9. The van der Waals surface area contributed by atoms with E-state index < -0.39 is 25.6 Å². The second-order valence-corrected chi connectivity index (χ2v) is 20.2. The van der Waals surface area contributed by atoms with Crippen LogP contribution < -0.4 is 9.80 Å². The van der Waals surface area contributed by atoms with Gasteiger partial charge in [-0.3, -0.25) is 19.4 Å². The van der Waals surface area contributed by atoms with Crippen LogP contribution in [-0.2, 0) is 29.3 Å². The fraction of sp³-hybridized carbons (Fsp3) is 0.444. The van der Waals surface area contributed by atoms with E-state index in [9.17, 15) is 21.6 Å². The molecule has 0 saturated heterocycles. The van der Waals surface area contributed by atoms with Crippen LogP contribution in [0.15, 0.2) is 69.3 Å². The average Bonchev–Trinajstić information content (AvgIpc) is 3.91. The van der Waals surface area contributed by atoms with E-state index in [1.807, 2.05) is 0 Å². The molecule has 2 aliphatic rings. The van der Waals surface area contributed by atoms with Crippen LogP contribution in [0.2, 0.25) is 10.0 Å². The van der Waals surface area contributed by atoms with Crippen LogP contribution in [0.25, 0.3) is 0 Å². The quantitative estimate of drug-likeness (QED) is 0.130. The molecule has 52 heavy (non-hydrogen) atoms. The minimum atomic E-state index is -3.62. The Balaban J connectivity index is 1.43. The molecular weight excluding hydrogens is 784 g/mol. The van der Waals surface area contributed by atoms with E-state index in [1.54, 1.807) is 35.3 Å². The number of thiazole rings is 2. The zero-order valence-corrected chi connectivity index (χ0v) is 33.6. The number of carbonyl (C=O) groups is 2. The van der Waals surface area contributed by atoms with Crippen LogP contribution in [0, 0.1) is 23.7 Å². The highest BCUT2D eigenvalue weighted by molar-refractivity contribution is 7.91. The molecule has 2 aromatic heterocycles. The summed E-state index contributed by atoms with van der Waals surface area (Å²) >= 11 is 15.6. The third-order valence-electron chi connectivity index (χ3n) is 10.1. The van der Waals surface area contributed by atoms with Crippen LogP contribution in [0.5, 0.6) is 0 Å². The van der Waals surface area contributed by atoms with Gasteiger partial charge < -0.3 is 0 Å². The number of rotatable bonds is 13.